The summed E-state index contributed by atoms with van der Waals surface area (Å²) in [6, 6.07) is 21.4. The van der Waals surface area contributed by atoms with Gasteiger partial charge in [0.05, 0.1) is 5.69 Å². The molecule has 0 aliphatic carbocycles. The molecule has 0 radical (unpaired) electrons. The van der Waals surface area contributed by atoms with Crippen molar-refractivity contribution in [1.82, 2.24) is 0 Å². The van der Waals surface area contributed by atoms with Gasteiger partial charge in [-0.05, 0) is 53.2 Å². The van der Waals surface area contributed by atoms with Gasteiger partial charge in [-0.2, -0.15) is 0 Å². The summed E-state index contributed by atoms with van der Waals surface area (Å²) in [6.45, 7) is 1.89. The van der Waals surface area contributed by atoms with Crippen molar-refractivity contribution in [2.45, 2.75) is 12.3 Å². The number of nitrogens with zero attached hydrogens (tertiary/aromatic N) is 1. The first-order chi connectivity index (χ1) is 12.1. The van der Waals surface area contributed by atoms with Gasteiger partial charge in [-0.1, -0.05) is 48.5 Å². The van der Waals surface area contributed by atoms with Gasteiger partial charge in [-0.3, -0.25) is 9.59 Å². The van der Waals surface area contributed by atoms with Crippen LogP contribution in [0, 0.1) is 6.92 Å². The molecule has 3 aromatic rings. The van der Waals surface area contributed by atoms with Crippen molar-refractivity contribution >= 4 is 45.1 Å². The zero-order chi connectivity index (χ0) is 17.4. The third-order valence-electron chi connectivity index (χ3n) is 4.25. The van der Waals surface area contributed by atoms with E-state index in [2.05, 4.69) is 5.32 Å². The largest absolute Gasteiger partial charge is 0.365 e. The van der Waals surface area contributed by atoms with Gasteiger partial charge in [0.25, 0.3) is 11.1 Å². The van der Waals surface area contributed by atoms with Crippen LogP contribution in [0.1, 0.15) is 5.56 Å². The van der Waals surface area contributed by atoms with Crippen LogP contribution < -0.4 is 10.2 Å². The highest BCUT2D eigenvalue weighted by atomic mass is 32.2. The van der Waals surface area contributed by atoms with E-state index < -0.39 is 5.37 Å². The zero-order valence-electron chi connectivity index (χ0n) is 13.6. The molecule has 5 heteroatoms. The number of rotatable bonds is 3. The maximum atomic E-state index is 12.8. The minimum Gasteiger partial charge on any atom is -0.365 e. The lowest BCUT2D eigenvalue weighted by molar-refractivity contribution is -0.116. The van der Waals surface area contributed by atoms with E-state index >= 15 is 0 Å². The Kier molecular flexibility index (Phi) is 3.93. The summed E-state index contributed by atoms with van der Waals surface area (Å²) < 4.78 is 0. The fraction of sp³-hybridized carbons (Fsp3) is 0.100. The number of thioether (sulfide) groups is 1. The van der Waals surface area contributed by atoms with E-state index in [1.54, 1.807) is 6.07 Å². The van der Waals surface area contributed by atoms with Gasteiger partial charge in [0, 0.05) is 5.69 Å². The minimum absolute atomic E-state index is 0.238. The maximum absolute atomic E-state index is 12.8. The van der Waals surface area contributed by atoms with E-state index in [0.717, 1.165) is 33.8 Å². The molecule has 3 aromatic carbocycles. The smallest absolute Gasteiger partial charge is 0.295 e. The van der Waals surface area contributed by atoms with Gasteiger partial charge in [-0.15, -0.1) is 0 Å². The van der Waals surface area contributed by atoms with Crippen LogP contribution in [0.15, 0.2) is 66.7 Å². The Morgan fingerprint density at radius 1 is 0.920 bits per heavy atom. The normalized spacial score (nSPS) is 17.3. The molecule has 0 saturated carbocycles. The number of anilines is 2. The Balaban J connectivity index is 1.60. The third kappa shape index (κ3) is 2.87. The molecule has 1 heterocycles. The molecule has 1 aliphatic heterocycles. The number of para-hydroxylation sites is 1. The van der Waals surface area contributed by atoms with Crippen molar-refractivity contribution in [3.05, 3.63) is 72.3 Å². The van der Waals surface area contributed by atoms with Crippen LogP contribution >= 0.6 is 11.8 Å². The highest BCUT2D eigenvalue weighted by molar-refractivity contribution is 8.16. The second-order valence-corrected chi connectivity index (χ2v) is 6.99. The zero-order valence-corrected chi connectivity index (χ0v) is 14.4. The molecule has 0 bridgehead atoms. The van der Waals surface area contributed by atoms with Crippen LogP contribution in [0.25, 0.3) is 10.8 Å². The number of fused-ring (bicyclic) bond motifs is 1. The Labute approximate surface area is 149 Å². The number of nitrogens with one attached hydrogen (secondary N) is 1. The Morgan fingerprint density at radius 3 is 2.44 bits per heavy atom. The Morgan fingerprint density at radius 2 is 1.64 bits per heavy atom. The first-order valence-electron chi connectivity index (χ1n) is 7.99. The average molecular weight is 348 g/mol. The molecule has 1 saturated heterocycles. The summed E-state index contributed by atoms with van der Waals surface area (Å²) in [4.78, 5) is 26.4. The van der Waals surface area contributed by atoms with E-state index in [1.165, 1.54) is 4.90 Å². The van der Waals surface area contributed by atoms with E-state index in [9.17, 15) is 9.59 Å². The topological polar surface area (TPSA) is 49.4 Å². The molecular formula is C20H16N2O2S. The number of carbonyl (C=O) groups excluding carboxylic acids is 2. The van der Waals surface area contributed by atoms with Crippen molar-refractivity contribution < 1.29 is 9.59 Å². The van der Waals surface area contributed by atoms with E-state index in [0.29, 0.717) is 5.69 Å². The van der Waals surface area contributed by atoms with Crippen molar-refractivity contribution in [3.63, 3.8) is 0 Å². The molecular weight excluding hydrogens is 332 g/mol. The minimum atomic E-state index is -0.617. The number of aryl methyl sites for hydroxylation is 1. The molecule has 4 nitrogen and oxygen atoms in total. The first kappa shape index (κ1) is 15.7. The van der Waals surface area contributed by atoms with Crippen molar-refractivity contribution in [2.75, 3.05) is 10.2 Å². The maximum Gasteiger partial charge on any atom is 0.295 e. The highest BCUT2D eigenvalue weighted by Gasteiger charge is 2.41. The molecule has 1 aliphatic rings. The van der Waals surface area contributed by atoms with Crippen molar-refractivity contribution in [2.24, 2.45) is 0 Å². The van der Waals surface area contributed by atoms with Crippen molar-refractivity contribution in [1.29, 1.82) is 0 Å². The Hall–Kier alpha value is -2.79. The fourth-order valence-electron chi connectivity index (χ4n) is 2.96. The monoisotopic (exact) mass is 348 g/mol. The summed E-state index contributed by atoms with van der Waals surface area (Å²) in [5.41, 5.74) is 2.37. The number of amides is 2. The number of hydrogen-bond donors (Lipinski definition) is 1. The first-order valence-corrected chi connectivity index (χ1v) is 8.87. The molecule has 0 spiro atoms. The van der Waals surface area contributed by atoms with Crippen LogP contribution in [0.4, 0.5) is 16.2 Å². The Bertz CT molecular complexity index is 986. The van der Waals surface area contributed by atoms with E-state index in [4.69, 9.17) is 0 Å². The molecule has 1 unspecified atom stereocenters. The van der Waals surface area contributed by atoms with Gasteiger partial charge in [0.2, 0.25) is 0 Å². The molecule has 124 valence electrons. The highest BCUT2D eigenvalue weighted by Crippen LogP contribution is 2.34. The number of hydrogen-bond acceptors (Lipinski definition) is 4. The summed E-state index contributed by atoms with van der Waals surface area (Å²) in [5, 5.41) is 4.54. The summed E-state index contributed by atoms with van der Waals surface area (Å²) in [6.07, 6.45) is 0. The van der Waals surface area contributed by atoms with Gasteiger partial charge >= 0.3 is 0 Å². The lowest BCUT2D eigenvalue weighted by Crippen LogP contribution is -2.34. The standard InChI is InChI=1S/C20H16N2O2S/c1-13-6-2-5-9-17(13)22-19(23)18(25-20(22)24)21-16-11-10-14-7-3-4-8-15(14)12-16/h2-12,18,21H,1H3. The van der Waals surface area contributed by atoms with Crippen LogP contribution in [0.3, 0.4) is 0 Å². The molecule has 2 amide bonds. The summed E-state index contributed by atoms with van der Waals surface area (Å²) in [5.74, 6) is -0.238. The van der Waals surface area contributed by atoms with Gasteiger partial charge < -0.3 is 5.32 Å². The predicted molar refractivity (Wildman–Crippen MR) is 103 cm³/mol. The van der Waals surface area contributed by atoms with Crippen LogP contribution in [-0.4, -0.2) is 16.5 Å². The second kappa shape index (κ2) is 6.26. The quantitative estimate of drug-likeness (QED) is 0.739. The lowest BCUT2D eigenvalue weighted by Gasteiger charge is -2.17. The van der Waals surface area contributed by atoms with Crippen LogP contribution in [0.5, 0.6) is 0 Å². The van der Waals surface area contributed by atoms with Gasteiger partial charge in [0.1, 0.15) is 0 Å². The fourth-order valence-corrected chi connectivity index (χ4v) is 3.86. The number of imide groups is 1. The number of benzene rings is 3. The third-order valence-corrected chi connectivity index (χ3v) is 5.19. The summed E-state index contributed by atoms with van der Waals surface area (Å²) in [7, 11) is 0. The van der Waals surface area contributed by atoms with E-state index in [1.807, 2.05) is 67.6 Å². The molecule has 1 fully saturated rings. The second-order valence-electron chi connectivity index (χ2n) is 5.93. The average Bonchev–Trinajstić information content (AvgIpc) is 2.89. The molecule has 25 heavy (non-hydrogen) atoms. The predicted octanol–water partition coefficient (Wildman–Crippen LogP) is 4.79. The molecule has 1 N–H and O–H groups in total. The van der Waals surface area contributed by atoms with Crippen molar-refractivity contribution in [3.8, 4) is 0 Å². The molecule has 1 atom stereocenters. The molecule has 0 aromatic heterocycles. The SMILES string of the molecule is Cc1ccccc1N1C(=O)SC(Nc2ccc3ccccc3c2)C1=O. The van der Waals surface area contributed by atoms with Gasteiger partial charge in [0.15, 0.2) is 5.37 Å². The van der Waals surface area contributed by atoms with Crippen LogP contribution in [0.2, 0.25) is 0 Å². The number of carbonyl (C=O) groups is 2. The van der Waals surface area contributed by atoms with E-state index in [-0.39, 0.29) is 11.1 Å². The van der Waals surface area contributed by atoms with Gasteiger partial charge in [-0.25, -0.2) is 4.90 Å². The summed E-state index contributed by atoms with van der Waals surface area (Å²) >= 11 is 1.01. The lowest BCUT2D eigenvalue weighted by atomic mass is 10.1. The molecule has 4 rings (SSSR count). The van der Waals surface area contributed by atoms with Crippen LogP contribution in [-0.2, 0) is 4.79 Å².